The van der Waals surface area contributed by atoms with Gasteiger partial charge in [0, 0.05) is 0 Å². The Hall–Kier alpha value is -1.29. The van der Waals surface area contributed by atoms with Crippen LogP contribution in [0.15, 0.2) is 0 Å². The van der Waals surface area contributed by atoms with Crippen molar-refractivity contribution >= 4 is 22.1 Å². The number of alkyl halides is 2. The fourth-order valence-corrected chi connectivity index (χ4v) is 0.954. The van der Waals surface area contributed by atoms with Gasteiger partial charge in [0.15, 0.2) is 6.61 Å². The van der Waals surface area contributed by atoms with E-state index in [1.165, 1.54) is 20.8 Å². The van der Waals surface area contributed by atoms with E-state index in [4.69, 9.17) is 4.55 Å². The Morgan fingerprint density at radius 3 is 2.00 bits per heavy atom. The van der Waals surface area contributed by atoms with E-state index in [9.17, 15) is 26.8 Å². The maximum atomic E-state index is 12.6. The Morgan fingerprint density at radius 2 is 1.67 bits per heavy atom. The molecule has 0 fully saturated rings. The minimum atomic E-state index is -5.94. The fourth-order valence-electron chi connectivity index (χ4n) is 0.685. The van der Waals surface area contributed by atoms with E-state index in [0.29, 0.717) is 0 Å². The first-order valence-corrected chi connectivity index (χ1v) is 5.95. The van der Waals surface area contributed by atoms with Gasteiger partial charge in [-0.2, -0.15) is 17.2 Å². The van der Waals surface area contributed by atoms with Crippen molar-refractivity contribution in [1.82, 2.24) is 0 Å². The molecule has 0 spiro atoms. The molecule has 10 heteroatoms. The zero-order chi connectivity index (χ0) is 14.8. The zero-order valence-corrected chi connectivity index (χ0v) is 10.6. The Morgan fingerprint density at radius 1 is 1.22 bits per heavy atom. The number of carbonyl (C=O) groups excluding carboxylic acids is 2. The van der Waals surface area contributed by atoms with Crippen LogP contribution in [-0.2, 0) is 29.2 Å². The van der Waals surface area contributed by atoms with E-state index in [1.54, 1.807) is 0 Å². The highest BCUT2D eigenvalue weighted by Crippen LogP contribution is 2.22. The van der Waals surface area contributed by atoms with Crippen molar-refractivity contribution in [2.24, 2.45) is 0 Å². The number of rotatable bonds is 4. The van der Waals surface area contributed by atoms with Gasteiger partial charge in [-0.25, -0.2) is 9.59 Å². The lowest BCUT2D eigenvalue weighted by atomic mass is 10.2. The summed E-state index contributed by atoms with van der Waals surface area (Å²) in [6, 6.07) is 0. The summed E-state index contributed by atoms with van der Waals surface area (Å²) >= 11 is 0. The van der Waals surface area contributed by atoms with Crippen molar-refractivity contribution < 1.29 is 40.8 Å². The average molecular weight is 290 g/mol. The van der Waals surface area contributed by atoms with Crippen LogP contribution in [-0.4, -0.2) is 42.4 Å². The molecule has 0 aromatic heterocycles. The maximum absolute atomic E-state index is 12.6. The predicted octanol–water partition coefficient (Wildman–Crippen LogP) is 0.352. The summed E-state index contributed by atoms with van der Waals surface area (Å²) in [5, 5.41) is -5.13. The van der Waals surface area contributed by atoms with Crippen LogP contribution in [0, 0.1) is 0 Å². The number of hydrogen-bond acceptors (Lipinski definition) is 6. The molecule has 106 valence electrons. The predicted molar refractivity (Wildman–Crippen MR) is 53.3 cm³/mol. The summed E-state index contributed by atoms with van der Waals surface area (Å²) in [5.74, 6) is -3.70. The highest BCUT2D eigenvalue weighted by molar-refractivity contribution is 7.87. The molecule has 0 aromatic rings. The van der Waals surface area contributed by atoms with E-state index in [2.05, 4.69) is 9.47 Å². The summed E-state index contributed by atoms with van der Waals surface area (Å²) in [4.78, 5) is 21.6. The van der Waals surface area contributed by atoms with E-state index in [1.807, 2.05) is 0 Å². The van der Waals surface area contributed by atoms with Gasteiger partial charge >= 0.3 is 27.3 Å². The number of hydrogen-bond donors (Lipinski definition) is 1. The van der Waals surface area contributed by atoms with E-state index >= 15 is 0 Å². The number of esters is 2. The summed E-state index contributed by atoms with van der Waals surface area (Å²) in [5.41, 5.74) is -0.922. The first kappa shape index (κ1) is 16.7. The topological polar surface area (TPSA) is 107 Å². The van der Waals surface area contributed by atoms with Crippen molar-refractivity contribution in [2.75, 3.05) is 6.61 Å². The van der Waals surface area contributed by atoms with Crippen molar-refractivity contribution in [1.29, 1.82) is 0 Å². The standard InChI is InChI=1S/C8H12F2O7S/c1-7(2,3)17-5(11)4-16-6(12)8(9,10)18(13,14)15/h4H2,1-3H3,(H,13,14,15). The van der Waals surface area contributed by atoms with Crippen LogP contribution in [0.5, 0.6) is 0 Å². The Bertz CT molecular complexity index is 435. The van der Waals surface area contributed by atoms with Gasteiger partial charge < -0.3 is 9.47 Å². The second-order valence-corrected chi connectivity index (χ2v) is 5.62. The number of ether oxygens (including phenoxy) is 2. The van der Waals surface area contributed by atoms with Crippen LogP contribution < -0.4 is 0 Å². The first-order valence-electron chi connectivity index (χ1n) is 4.51. The summed E-state index contributed by atoms with van der Waals surface area (Å²) in [7, 11) is -5.94. The third kappa shape index (κ3) is 4.92. The zero-order valence-electron chi connectivity index (χ0n) is 9.77. The van der Waals surface area contributed by atoms with Gasteiger partial charge in [-0.05, 0) is 20.8 Å². The lowest BCUT2D eigenvalue weighted by molar-refractivity contribution is -0.174. The third-order valence-electron chi connectivity index (χ3n) is 1.30. The smallest absolute Gasteiger partial charge is 0.457 e. The Balaban J connectivity index is 4.50. The van der Waals surface area contributed by atoms with Gasteiger partial charge in [-0.3, -0.25) is 4.55 Å². The molecule has 0 bridgehead atoms. The van der Waals surface area contributed by atoms with Crippen LogP contribution in [0.2, 0.25) is 0 Å². The second-order valence-electron chi connectivity index (χ2n) is 4.15. The Kier molecular flexibility index (Phi) is 4.77. The van der Waals surface area contributed by atoms with Gasteiger partial charge in [-0.15, -0.1) is 0 Å². The molecule has 1 N–H and O–H groups in total. The molecule has 7 nitrogen and oxygen atoms in total. The first-order chi connectivity index (χ1) is 7.77. The lowest BCUT2D eigenvalue weighted by Gasteiger charge is -2.19. The molecule has 0 unspecified atom stereocenters. The molecule has 0 saturated heterocycles. The highest BCUT2D eigenvalue weighted by Gasteiger charge is 2.54. The van der Waals surface area contributed by atoms with E-state index < -0.39 is 39.5 Å². The van der Waals surface area contributed by atoms with Gasteiger partial charge in [0.1, 0.15) is 5.60 Å². The summed E-state index contributed by atoms with van der Waals surface area (Å²) in [6.07, 6.45) is 0. The molecule has 18 heavy (non-hydrogen) atoms. The van der Waals surface area contributed by atoms with Crippen molar-refractivity contribution in [2.45, 2.75) is 31.6 Å². The molecule has 0 aliphatic carbocycles. The number of carbonyl (C=O) groups is 2. The third-order valence-corrected chi connectivity index (χ3v) is 2.12. The van der Waals surface area contributed by atoms with Gasteiger partial charge in [0.25, 0.3) is 0 Å². The molecule has 0 amide bonds. The average Bonchev–Trinajstić information content (AvgIpc) is 2.09. The molecule has 0 aliphatic heterocycles. The molecule has 0 saturated carbocycles. The molecular formula is C8H12F2O7S. The van der Waals surface area contributed by atoms with Crippen LogP contribution in [0.1, 0.15) is 20.8 Å². The van der Waals surface area contributed by atoms with E-state index in [-0.39, 0.29) is 0 Å². The summed E-state index contributed by atoms with van der Waals surface area (Å²) < 4.78 is 62.0. The monoisotopic (exact) mass is 290 g/mol. The Labute approximate surface area is 102 Å². The lowest BCUT2D eigenvalue weighted by Crippen LogP contribution is -2.40. The van der Waals surface area contributed by atoms with Crippen molar-refractivity contribution in [3.63, 3.8) is 0 Å². The van der Waals surface area contributed by atoms with Crippen LogP contribution in [0.3, 0.4) is 0 Å². The van der Waals surface area contributed by atoms with Crippen LogP contribution in [0.25, 0.3) is 0 Å². The molecule has 0 aliphatic rings. The number of halogens is 2. The molecule has 0 atom stereocenters. The maximum Gasteiger partial charge on any atom is 0.465 e. The molecule has 0 radical (unpaired) electrons. The molecule has 0 rings (SSSR count). The SMILES string of the molecule is CC(C)(C)OC(=O)COC(=O)C(F)(F)S(=O)(=O)O. The van der Waals surface area contributed by atoms with Gasteiger partial charge in [0.05, 0.1) is 0 Å². The second kappa shape index (κ2) is 5.14. The highest BCUT2D eigenvalue weighted by atomic mass is 32.2. The minimum absolute atomic E-state index is 0.922. The van der Waals surface area contributed by atoms with Crippen molar-refractivity contribution in [3.8, 4) is 0 Å². The minimum Gasteiger partial charge on any atom is -0.457 e. The largest absolute Gasteiger partial charge is 0.465 e. The van der Waals surface area contributed by atoms with Gasteiger partial charge in [0.2, 0.25) is 0 Å². The molecule has 0 heterocycles. The molecule has 0 aromatic carbocycles. The van der Waals surface area contributed by atoms with Crippen LogP contribution >= 0.6 is 0 Å². The quantitative estimate of drug-likeness (QED) is 0.588. The normalized spacial score (nSPS) is 13.0. The van der Waals surface area contributed by atoms with Gasteiger partial charge in [-0.1, -0.05) is 0 Å². The van der Waals surface area contributed by atoms with Crippen LogP contribution in [0.4, 0.5) is 8.78 Å². The summed E-state index contributed by atoms with van der Waals surface area (Å²) in [6.45, 7) is 3.26. The van der Waals surface area contributed by atoms with E-state index in [0.717, 1.165) is 0 Å². The van der Waals surface area contributed by atoms with Crippen molar-refractivity contribution in [3.05, 3.63) is 0 Å². The fraction of sp³-hybridized carbons (Fsp3) is 0.750. The molecular weight excluding hydrogens is 278 g/mol.